The third-order valence-electron chi connectivity index (χ3n) is 3.92. The van der Waals surface area contributed by atoms with Crippen LogP contribution in [0.3, 0.4) is 0 Å². The van der Waals surface area contributed by atoms with E-state index in [0.717, 1.165) is 16.9 Å². The minimum Gasteiger partial charge on any atom is -0.481 e. The number of aliphatic carboxylic acids is 1. The highest BCUT2D eigenvalue weighted by atomic mass is 32.2. The lowest BCUT2D eigenvalue weighted by atomic mass is 10.1. The lowest BCUT2D eigenvalue weighted by Gasteiger charge is -2.08. The highest BCUT2D eigenvalue weighted by Gasteiger charge is 2.11. The standard InChI is InChI=1S/C18H18O2S/c19-18(20)11-15-4-1-2-5-16(15)12-21-17-9-8-13-6-3-7-14(13)10-17/h1-2,4-5,8-10H,3,6-7,11-12H2,(H,19,20). The van der Waals surface area contributed by atoms with Crippen molar-refractivity contribution in [1.82, 2.24) is 0 Å². The van der Waals surface area contributed by atoms with Gasteiger partial charge in [-0.25, -0.2) is 0 Å². The molecule has 0 atom stereocenters. The fourth-order valence-electron chi connectivity index (χ4n) is 2.83. The molecule has 21 heavy (non-hydrogen) atoms. The third kappa shape index (κ3) is 3.48. The molecule has 0 saturated heterocycles. The molecular formula is C18H18O2S. The molecule has 0 amide bonds. The molecule has 0 aromatic heterocycles. The fraction of sp³-hybridized carbons (Fsp3) is 0.278. The second-order valence-corrected chi connectivity index (χ2v) is 6.46. The number of thioether (sulfide) groups is 1. The maximum Gasteiger partial charge on any atom is 0.307 e. The van der Waals surface area contributed by atoms with Gasteiger partial charge in [-0.15, -0.1) is 11.8 Å². The minimum absolute atomic E-state index is 0.0981. The summed E-state index contributed by atoms with van der Waals surface area (Å²) in [6, 6.07) is 14.5. The van der Waals surface area contributed by atoms with Crippen LogP contribution in [0.25, 0.3) is 0 Å². The number of hydrogen-bond acceptors (Lipinski definition) is 2. The van der Waals surface area contributed by atoms with Crippen LogP contribution in [0.1, 0.15) is 28.7 Å². The molecular weight excluding hydrogens is 280 g/mol. The number of hydrogen-bond donors (Lipinski definition) is 1. The van der Waals surface area contributed by atoms with Crippen LogP contribution in [0.5, 0.6) is 0 Å². The topological polar surface area (TPSA) is 37.3 Å². The second kappa shape index (κ2) is 6.35. The Kier molecular flexibility index (Phi) is 4.30. The SMILES string of the molecule is O=C(O)Cc1ccccc1CSc1ccc2c(c1)CCC2. The number of fused-ring (bicyclic) bond motifs is 1. The Morgan fingerprint density at radius 1 is 1.05 bits per heavy atom. The zero-order valence-electron chi connectivity index (χ0n) is 11.8. The lowest BCUT2D eigenvalue weighted by Crippen LogP contribution is -2.02. The van der Waals surface area contributed by atoms with Gasteiger partial charge in [0, 0.05) is 10.6 Å². The van der Waals surface area contributed by atoms with Crippen LogP contribution in [0.4, 0.5) is 0 Å². The average molecular weight is 298 g/mol. The van der Waals surface area contributed by atoms with E-state index in [1.54, 1.807) is 11.8 Å². The summed E-state index contributed by atoms with van der Waals surface area (Å²) in [6.45, 7) is 0. The molecule has 0 heterocycles. The van der Waals surface area contributed by atoms with E-state index in [1.807, 2.05) is 24.3 Å². The van der Waals surface area contributed by atoms with E-state index in [0.29, 0.717) is 0 Å². The second-order valence-electron chi connectivity index (χ2n) is 5.41. The van der Waals surface area contributed by atoms with Crippen LogP contribution in [0.15, 0.2) is 47.4 Å². The zero-order valence-corrected chi connectivity index (χ0v) is 12.7. The van der Waals surface area contributed by atoms with Gasteiger partial charge in [0.2, 0.25) is 0 Å². The number of aryl methyl sites for hydroxylation is 2. The van der Waals surface area contributed by atoms with Crippen molar-refractivity contribution < 1.29 is 9.90 Å². The van der Waals surface area contributed by atoms with E-state index >= 15 is 0 Å². The largest absolute Gasteiger partial charge is 0.481 e. The van der Waals surface area contributed by atoms with Crippen molar-refractivity contribution in [1.29, 1.82) is 0 Å². The van der Waals surface area contributed by atoms with Gasteiger partial charge in [-0.2, -0.15) is 0 Å². The van der Waals surface area contributed by atoms with E-state index in [-0.39, 0.29) is 6.42 Å². The van der Waals surface area contributed by atoms with Crippen LogP contribution >= 0.6 is 11.8 Å². The zero-order chi connectivity index (χ0) is 14.7. The lowest BCUT2D eigenvalue weighted by molar-refractivity contribution is -0.136. The molecule has 1 aliphatic carbocycles. The molecule has 0 spiro atoms. The number of carbonyl (C=O) groups is 1. The van der Waals surface area contributed by atoms with Gasteiger partial charge < -0.3 is 5.11 Å². The third-order valence-corrected chi connectivity index (χ3v) is 4.97. The molecule has 1 aliphatic rings. The molecule has 1 N–H and O–H groups in total. The predicted molar refractivity (Wildman–Crippen MR) is 85.8 cm³/mol. The van der Waals surface area contributed by atoms with Crippen molar-refractivity contribution in [3.63, 3.8) is 0 Å². The van der Waals surface area contributed by atoms with Crippen molar-refractivity contribution in [3.05, 3.63) is 64.7 Å². The van der Waals surface area contributed by atoms with Crippen molar-refractivity contribution in [2.75, 3.05) is 0 Å². The van der Waals surface area contributed by atoms with Crippen molar-refractivity contribution in [2.24, 2.45) is 0 Å². The van der Waals surface area contributed by atoms with E-state index < -0.39 is 5.97 Å². The quantitative estimate of drug-likeness (QED) is 0.845. The van der Waals surface area contributed by atoms with Gasteiger partial charge in [0.05, 0.1) is 6.42 Å². The van der Waals surface area contributed by atoms with Gasteiger partial charge in [-0.05, 0) is 53.6 Å². The minimum atomic E-state index is -0.773. The Labute approximate surface area is 129 Å². The first-order valence-corrected chi connectivity index (χ1v) is 8.24. The summed E-state index contributed by atoms with van der Waals surface area (Å²) in [4.78, 5) is 12.2. The fourth-order valence-corrected chi connectivity index (χ4v) is 3.83. The first kappa shape index (κ1) is 14.2. The first-order chi connectivity index (χ1) is 10.2. The summed E-state index contributed by atoms with van der Waals surface area (Å²) in [5.41, 5.74) is 5.01. The Morgan fingerprint density at radius 2 is 1.81 bits per heavy atom. The number of carboxylic acid groups (broad SMARTS) is 1. The van der Waals surface area contributed by atoms with E-state index in [9.17, 15) is 4.79 Å². The van der Waals surface area contributed by atoms with E-state index in [4.69, 9.17) is 5.11 Å². The number of carboxylic acids is 1. The summed E-state index contributed by atoms with van der Waals surface area (Å²) >= 11 is 1.79. The molecule has 0 radical (unpaired) electrons. The summed E-state index contributed by atoms with van der Waals surface area (Å²) in [5, 5.41) is 8.98. The molecule has 2 aromatic carbocycles. The number of rotatable bonds is 5. The molecule has 3 heteroatoms. The molecule has 0 unspecified atom stereocenters. The van der Waals surface area contributed by atoms with Crippen molar-refractivity contribution in [2.45, 2.75) is 36.3 Å². The van der Waals surface area contributed by atoms with E-state index in [1.165, 1.54) is 35.3 Å². The van der Waals surface area contributed by atoms with Crippen LogP contribution in [0.2, 0.25) is 0 Å². The van der Waals surface area contributed by atoms with Crippen LogP contribution in [-0.4, -0.2) is 11.1 Å². The first-order valence-electron chi connectivity index (χ1n) is 7.25. The van der Waals surface area contributed by atoms with Crippen LogP contribution in [0, 0.1) is 0 Å². The Morgan fingerprint density at radius 3 is 2.62 bits per heavy atom. The average Bonchev–Trinajstić information content (AvgIpc) is 2.93. The molecule has 3 rings (SSSR count). The van der Waals surface area contributed by atoms with Gasteiger partial charge in [0.1, 0.15) is 0 Å². The maximum absolute atomic E-state index is 10.9. The molecule has 0 saturated carbocycles. The Hall–Kier alpha value is -1.74. The van der Waals surface area contributed by atoms with Crippen LogP contribution < -0.4 is 0 Å². The van der Waals surface area contributed by atoms with Crippen molar-refractivity contribution in [3.8, 4) is 0 Å². The maximum atomic E-state index is 10.9. The summed E-state index contributed by atoms with van der Waals surface area (Å²) in [6.07, 6.45) is 3.77. The monoisotopic (exact) mass is 298 g/mol. The highest BCUT2D eigenvalue weighted by molar-refractivity contribution is 7.98. The van der Waals surface area contributed by atoms with Gasteiger partial charge in [0.25, 0.3) is 0 Å². The van der Waals surface area contributed by atoms with Crippen molar-refractivity contribution >= 4 is 17.7 Å². The molecule has 2 aromatic rings. The summed E-state index contributed by atoms with van der Waals surface area (Å²) in [5.74, 6) is 0.0485. The van der Waals surface area contributed by atoms with Gasteiger partial charge in [0.15, 0.2) is 0 Å². The molecule has 0 fully saturated rings. The summed E-state index contributed by atoms with van der Waals surface area (Å²) in [7, 11) is 0. The summed E-state index contributed by atoms with van der Waals surface area (Å²) < 4.78 is 0. The van der Waals surface area contributed by atoms with Crippen LogP contribution in [-0.2, 0) is 29.8 Å². The number of benzene rings is 2. The van der Waals surface area contributed by atoms with E-state index in [2.05, 4.69) is 18.2 Å². The molecule has 0 aliphatic heterocycles. The van der Waals surface area contributed by atoms with Gasteiger partial charge >= 0.3 is 5.97 Å². The predicted octanol–water partition coefficient (Wildman–Crippen LogP) is 4.09. The normalized spacial score (nSPS) is 13.1. The molecule has 0 bridgehead atoms. The highest BCUT2D eigenvalue weighted by Crippen LogP contribution is 2.30. The Bertz CT molecular complexity index is 664. The van der Waals surface area contributed by atoms with Gasteiger partial charge in [-0.1, -0.05) is 30.3 Å². The Balaban J connectivity index is 1.71. The molecule has 108 valence electrons. The smallest absolute Gasteiger partial charge is 0.307 e. The van der Waals surface area contributed by atoms with Gasteiger partial charge in [-0.3, -0.25) is 4.79 Å². The molecule has 2 nitrogen and oxygen atoms in total.